The Morgan fingerprint density at radius 2 is 2.44 bits per heavy atom. The Morgan fingerprint density at radius 3 is 3.17 bits per heavy atom. The van der Waals surface area contributed by atoms with Crippen molar-refractivity contribution >= 4 is 23.1 Å². The number of hydrogen-bond acceptors (Lipinski definition) is 5. The third-order valence-electron chi connectivity index (χ3n) is 3.21. The van der Waals surface area contributed by atoms with Crippen molar-refractivity contribution < 1.29 is 4.42 Å². The fraction of sp³-hybridized carbons (Fsp3) is 0.385. The van der Waals surface area contributed by atoms with E-state index in [-0.39, 0.29) is 6.04 Å². The van der Waals surface area contributed by atoms with E-state index in [9.17, 15) is 0 Å². The molecular formula is C13H16N2OS2. The lowest BCUT2D eigenvalue weighted by molar-refractivity contribution is 0.541. The van der Waals surface area contributed by atoms with E-state index in [2.05, 4.69) is 11.5 Å². The molecule has 2 aromatic rings. The summed E-state index contributed by atoms with van der Waals surface area (Å²) >= 11 is 3.92. The normalized spacial score (nSPS) is 16.5. The number of thiophene rings is 1. The molecule has 96 valence electrons. The Labute approximate surface area is 115 Å². The molecule has 18 heavy (non-hydrogen) atoms. The Hall–Kier alpha value is -0.750. The summed E-state index contributed by atoms with van der Waals surface area (Å²) in [6, 6.07) is 4.49. The van der Waals surface area contributed by atoms with Crippen LogP contribution in [0.25, 0.3) is 0 Å². The first-order valence-electron chi connectivity index (χ1n) is 6.03. The van der Waals surface area contributed by atoms with Gasteiger partial charge in [0.05, 0.1) is 18.6 Å². The molecule has 0 fully saturated rings. The zero-order valence-electron chi connectivity index (χ0n) is 10.0. The van der Waals surface area contributed by atoms with Crippen molar-refractivity contribution in [3.8, 4) is 0 Å². The molecule has 0 saturated carbocycles. The summed E-state index contributed by atoms with van der Waals surface area (Å²) in [7, 11) is 0. The third-order valence-corrected chi connectivity index (χ3v) is 5.57. The number of aryl methyl sites for hydroxylation is 1. The standard InChI is InChI=1S/C13H16N2OS2/c14-15-11(5-9-1-3-16-7-9)13-6-10-8-17-4-2-12(10)18-13/h1,3,6-7,11,15H,2,4-5,8,14H2. The Kier molecular flexibility index (Phi) is 3.75. The molecular weight excluding hydrogens is 264 g/mol. The second-order valence-electron chi connectivity index (χ2n) is 4.45. The smallest absolute Gasteiger partial charge is 0.0935 e. The fourth-order valence-electron chi connectivity index (χ4n) is 2.23. The molecule has 2 aromatic heterocycles. The third kappa shape index (κ3) is 2.49. The van der Waals surface area contributed by atoms with Crippen LogP contribution in [0.3, 0.4) is 0 Å². The van der Waals surface area contributed by atoms with Gasteiger partial charge in [-0.3, -0.25) is 11.3 Å². The molecule has 5 heteroatoms. The van der Waals surface area contributed by atoms with Gasteiger partial charge in [-0.05, 0) is 41.9 Å². The number of hydrogen-bond donors (Lipinski definition) is 2. The van der Waals surface area contributed by atoms with Crippen molar-refractivity contribution in [1.82, 2.24) is 5.43 Å². The minimum absolute atomic E-state index is 0.184. The van der Waals surface area contributed by atoms with Gasteiger partial charge in [-0.15, -0.1) is 11.3 Å². The fourth-order valence-corrected chi connectivity index (χ4v) is 4.66. The zero-order chi connectivity index (χ0) is 12.4. The molecule has 1 unspecified atom stereocenters. The lowest BCUT2D eigenvalue weighted by Gasteiger charge is -2.12. The molecule has 3 heterocycles. The van der Waals surface area contributed by atoms with Crippen molar-refractivity contribution in [2.24, 2.45) is 5.84 Å². The molecule has 1 aliphatic heterocycles. The highest BCUT2D eigenvalue weighted by molar-refractivity contribution is 7.98. The number of nitrogens with two attached hydrogens (primary N) is 1. The Bertz CT molecular complexity index is 484. The largest absolute Gasteiger partial charge is 0.472 e. The average molecular weight is 280 g/mol. The summed E-state index contributed by atoms with van der Waals surface area (Å²) in [6.07, 6.45) is 5.57. The maximum Gasteiger partial charge on any atom is 0.0935 e. The van der Waals surface area contributed by atoms with Gasteiger partial charge < -0.3 is 4.42 Å². The summed E-state index contributed by atoms with van der Waals surface area (Å²) in [6.45, 7) is 0. The predicted octanol–water partition coefficient (Wildman–Crippen LogP) is 2.88. The van der Waals surface area contributed by atoms with Gasteiger partial charge in [-0.1, -0.05) is 0 Å². The van der Waals surface area contributed by atoms with Crippen LogP contribution < -0.4 is 11.3 Å². The molecule has 0 aromatic carbocycles. The van der Waals surface area contributed by atoms with E-state index in [1.807, 2.05) is 29.2 Å². The van der Waals surface area contributed by atoms with Gasteiger partial charge >= 0.3 is 0 Å². The second-order valence-corrected chi connectivity index (χ2v) is 6.73. The first-order valence-corrected chi connectivity index (χ1v) is 8.00. The number of hydrazine groups is 1. The minimum Gasteiger partial charge on any atom is -0.472 e. The molecule has 0 saturated heterocycles. The highest BCUT2D eigenvalue weighted by atomic mass is 32.2. The summed E-state index contributed by atoms with van der Waals surface area (Å²) in [5.74, 6) is 8.09. The van der Waals surface area contributed by atoms with Crippen LogP contribution in [-0.4, -0.2) is 5.75 Å². The van der Waals surface area contributed by atoms with E-state index in [1.54, 1.807) is 12.5 Å². The maximum atomic E-state index is 5.70. The summed E-state index contributed by atoms with van der Waals surface area (Å²) in [4.78, 5) is 2.88. The van der Waals surface area contributed by atoms with Crippen LogP contribution in [-0.2, 0) is 18.6 Å². The van der Waals surface area contributed by atoms with Crippen molar-refractivity contribution in [1.29, 1.82) is 0 Å². The van der Waals surface area contributed by atoms with E-state index >= 15 is 0 Å². The van der Waals surface area contributed by atoms with E-state index in [0.717, 1.165) is 12.2 Å². The summed E-state index contributed by atoms with van der Waals surface area (Å²) < 4.78 is 5.11. The van der Waals surface area contributed by atoms with Gasteiger partial charge in [-0.25, -0.2) is 0 Å². The highest BCUT2D eigenvalue weighted by Gasteiger charge is 2.19. The molecule has 1 atom stereocenters. The van der Waals surface area contributed by atoms with E-state index in [4.69, 9.17) is 10.3 Å². The quantitative estimate of drug-likeness (QED) is 0.668. The SMILES string of the molecule is NNC(Cc1ccoc1)c1cc2c(s1)CCSC2. The summed E-state index contributed by atoms with van der Waals surface area (Å²) in [5.41, 5.74) is 5.61. The van der Waals surface area contributed by atoms with Crippen LogP contribution in [0.1, 0.15) is 26.9 Å². The van der Waals surface area contributed by atoms with Crippen LogP contribution in [0.2, 0.25) is 0 Å². The number of nitrogens with one attached hydrogen (secondary N) is 1. The van der Waals surface area contributed by atoms with E-state index in [1.165, 1.54) is 33.1 Å². The van der Waals surface area contributed by atoms with Gasteiger partial charge in [0.15, 0.2) is 0 Å². The van der Waals surface area contributed by atoms with E-state index < -0.39 is 0 Å². The zero-order valence-corrected chi connectivity index (χ0v) is 11.7. The first kappa shape index (κ1) is 12.3. The average Bonchev–Trinajstić information content (AvgIpc) is 3.04. The van der Waals surface area contributed by atoms with Gasteiger partial charge in [-0.2, -0.15) is 11.8 Å². The monoisotopic (exact) mass is 280 g/mol. The number of thioether (sulfide) groups is 1. The van der Waals surface area contributed by atoms with Crippen molar-refractivity contribution in [2.45, 2.75) is 24.6 Å². The highest BCUT2D eigenvalue weighted by Crippen LogP contribution is 2.35. The van der Waals surface area contributed by atoms with Crippen LogP contribution in [0.15, 0.2) is 29.1 Å². The van der Waals surface area contributed by atoms with Crippen molar-refractivity contribution in [3.05, 3.63) is 45.5 Å². The van der Waals surface area contributed by atoms with Gasteiger partial charge in [0.1, 0.15) is 0 Å². The molecule has 0 radical (unpaired) electrons. The van der Waals surface area contributed by atoms with Crippen LogP contribution in [0, 0.1) is 0 Å². The molecule has 1 aliphatic rings. The second kappa shape index (κ2) is 5.48. The van der Waals surface area contributed by atoms with Crippen LogP contribution in [0.5, 0.6) is 0 Å². The summed E-state index contributed by atoms with van der Waals surface area (Å²) in [5, 5.41) is 0. The van der Waals surface area contributed by atoms with Crippen LogP contribution in [0.4, 0.5) is 0 Å². The van der Waals surface area contributed by atoms with Gasteiger partial charge in [0.25, 0.3) is 0 Å². The Balaban J connectivity index is 1.80. The number of furan rings is 1. The lowest BCUT2D eigenvalue weighted by atomic mass is 10.1. The van der Waals surface area contributed by atoms with Gasteiger partial charge in [0, 0.05) is 15.5 Å². The predicted molar refractivity (Wildman–Crippen MR) is 76.7 cm³/mol. The van der Waals surface area contributed by atoms with E-state index in [0.29, 0.717) is 0 Å². The lowest BCUT2D eigenvalue weighted by Crippen LogP contribution is -2.28. The van der Waals surface area contributed by atoms with Crippen molar-refractivity contribution in [3.63, 3.8) is 0 Å². The molecule has 0 aliphatic carbocycles. The maximum absolute atomic E-state index is 5.70. The number of rotatable bonds is 4. The molecule has 0 spiro atoms. The van der Waals surface area contributed by atoms with Crippen LogP contribution >= 0.6 is 23.1 Å². The molecule has 3 rings (SSSR count). The van der Waals surface area contributed by atoms with Crippen molar-refractivity contribution in [2.75, 3.05) is 5.75 Å². The van der Waals surface area contributed by atoms with Gasteiger partial charge in [0.2, 0.25) is 0 Å². The first-order chi connectivity index (χ1) is 8.86. The minimum atomic E-state index is 0.184. The molecule has 0 amide bonds. The Morgan fingerprint density at radius 1 is 1.50 bits per heavy atom. The molecule has 0 bridgehead atoms. The topological polar surface area (TPSA) is 51.2 Å². The molecule has 3 nitrogen and oxygen atoms in total. The molecule has 3 N–H and O–H groups in total. The number of fused-ring (bicyclic) bond motifs is 1.